The smallest absolute Gasteiger partial charge is 0.257 e. The predicted molar refractivity (Wildman–Crippen MR) is 102 cm³/mol. The minimum absolute atomic E-state index is 0. The Kier molecular flexibility index (Phi) is 9.51. The molecule has 0 aliphatic heterocycles. The Hall–Kier alpha value is -1.69. The van der Waals surface area contributed by atoms with Crippen LogP contribution in [0.3, 0.4) is 0 Å². The van der Waals surface area contributed by atoms with E-state index in [1.54, 1.807) is 36.5 Å². The van der Waals surface area contributed by atoms with Crippen LogP contribution in [0.15, 0.2) is 36.7 Å². The van der Waals surface area contributed by atoms with Gasteiger partial charge >= 0.3 is 0 Å². The van der Waals surface area contributed by atoms with Crippen molar-refractivity contribution in [2.24, 2.45) is 0 Å². The van der Waals surface area contributed by atoms with Crippen LogP contribution in [-0.2, 0) is 6.42 Å². The first-order valence-corrected chi connectivity index (χ1v) is 7.18. The maximum Gasteiger partial charge on any atom is 0.257 e. The number of hydrogen-bond donors (Lipinski definition) is 1. The van der Waals surface area contributed by atoms with E-state index in [4.69, 9.17) is 22.1 Å². The molecule has 0 aliphatic rings. The Morgan fingerprint density at radius 1 is 1.29 bits per heavy atom. The summed E-state index contributed by atoms with van der Waals surface area (Å²) in [6, 6.07) is 6.96. The summed E-state index contributed by atoms with van der Waals surface area (Å²) in [5, 5.41) is 0.340. The number of carbonyl (C=O) groups is 1. The van der Waals surface area contributed by atoms with E-state index in [9.17, 15) is 4.79 Å². The molecule has 0 radical (unpaired) electrons. The highest BCUT2D eigenvalue weighted by Crippen LogP contribution is 2.29. The van der Waals surface area contributed by atoms with Gasteiger partial charge in [-0.2, -0.15) is 0 Å². The fraction of sp³-hybridized carbons (Fsp3) is 0.250. The molecule has 8 heteroatoms. The number of nitrogens with two attached hydrogens (primary N) is 1. The summed E-state index contributed by atoms with van der Waals surface area (Å²) in [5.74, 6) is 0.260. The molecule has 0 saturated heterocycles. The SMILES string of the molecule is COc1cc(N)c(Cl)cc1C(=O)N(C)CCc1ccncc1.Cl.Cl. The lowest BCUT2D eigenvalue weighted by Gasteiger charge is -2.19. The molecule has 2 N–H and O–H groups in total. The van der Waals surface area contributed by atoms with Crippen LogP contribution in [0.2, 0.25) is 5.02 Å². The molecule has 1 aromatic carbocycles. The number of nitrogens with zero attached hydrogens (tertiary/aromatic N) is 2. The molecule has 24 heavy (non-hydrogen) atoms. The Morgan fingerprint density at radius 2 is 1.92 bits per heavy atom. The summed E-state index contributed by atoms with van der Waals surface area (Å²) in [4.78, 5) is 18.1. The number of pyridine rings is 1. The first-order valence-electron chi connectivity index (χ1n) is 6.80. The minimum atomic E-state index is -0.159. The summed E-state index contributed by atoms with van der Waals surface area (Å²) in [5.41, 5.74) is 7.64. The standard InChI is InChI=1S/C16H18ClN3O2.2ClH/c1-20(8-5-11-3-6-19-7-4-11)16(21)12-9-13(17)14(18)10-15(12)22-2;;/h3-4,6-7,9-10H,5,8,18H2,1-2H3;2*1H. The van der Waals surface area contributed by atoms with Gasteiger partial charge in [0.05, 0.1) is 23.4 Å². The van der Waals surface area contributed by atoms with Gasteiger partial charge in [-0.3, -0.25) is 9.78 Å². The largest absolute Gasteiger partial charge is 0.496 e. The number of likely N-dealkylation sites (N-methyl/N-ethyl adjacent to an activating group) is 1. The quantitative estimate of drug-likeness (QED) is 0.791. The molecule has 0 saturated carbocycles. The van der Waals surface area contributed by atoms with Crippen LogP contribution in [0.1, 0.15) is 15.9 Å². The third-order valence-corrected chi connectivity index (χ3v) is 3.71. The second-order valence-electron chi connectivity index (χ2n) is 4.91. The van der Waals surface area contributed by atoms with Gasteiger partial charge in [-0.05, 0) is 30.2 Å². The van der Waals surface area contributed by atoms with E-state index in [1.165, 1.54) is 7.11 Å². The van der Waals surface area contributed by atoms with Gasteiger partial charge in [0, 0.05) is 32.1 Å². The van der Waals surface area contributed by atoms with Crippen LogP contribution >= 0.6 is 36.4 Å². The van der Waals surface area contributed by atoms with Crippen molar-refractivity contribution in [1.29, 1.82) is 0 Å². The highest BCUT2D eigenvalue weighted by atomic mass is 35.5. The van der Waals surface area contributed by atoms with Gasteiger partial charge in [-0.1, -0.05) is 11.6 Å². The maximum atomic E-state index is 12.5. The summed E-state index contributed by atoms with van der Waals surface area (Å²) in [6.07, 6.45) is 4.22. The lowest BCUT2D eigenvalue weighted by Crippen LogP contribution is -2.29. The summed E-state index contributed by atoms with van der Waals surface area (Å²) < 4.78 is 5.22. The van der Waals surface area contributed by atoms with Crippen LogP contribution in [0, 0.1) is 0 Å². The molecule has 2 rings (SSSR count). The molecule has 0 unspecified atom stereocenters. The highest BCUT2D eigenvalue weighted by molar-refractivity contribution is 6.33. The van der Waals surface area contributed by atoms with Gasteiger partial charge in [0.1, 0.15) is 5.75 Å². The molecule has 5 nitrogen and oxygen atoms in total. The van der Waals surface area contributed by atoms with Crippen molar-refractivity contribution < 1.29 is 9.53 Å². The average molecular weight is 393 g/mol. The van der Waals surface area contributed by atoms with Crippen molar-refractivity contribution in [2.75, 3.05) is 26.4 Å². The number of anilines is 1. The van der Waals surface area contributed by atoms with E-state index in [1.807, 2.05) is 12.1 Å². The van der Waals surface area contributed by atoms with Crippen LogP contribution in [0.25, 0.3) is 0 Å². The summed E-state index contributed by atoms with van der Waals surface area (Å²) >= 11 is 6.01. The second-order valence-corrected chi connectivity index (χ2v) is 5.31. The number of amides is 1. The van der Waals surface area contributed by atoms with Gasteiger partial charge in [0.25, 0.3) is 5.91 Å². The Balaban J connectivity index is 0.00000264. The minimum Gasteiger partial charge on any atom is -0.496 e. The second kappa shape index (κ2) is 10.2. The molecular formula is C16H20Cl3N3O2. The molecule has 0 aliphatic carbocycles. The number of aromatic nitrogens is 1. The number of benzene rings is 1. The van der Waals surface area contributed by atoms with Gasteiger partial charge in [0.2, 0.25) is 0 Å². The van der Waals surface area contributed by atoms with Crippen LogP contribution < -0.4 is 10.5 Å². The Bertz CT molecular complexity index is 669. The van der Waals surface area contributed by atoms with Crippen molar-refractivity contribution in [3.05, 3.63) is 52.8 Å². The summed E-state index contributed by atoms with van der Waals surface area (Å²) in [6.45, 7) is 0.577. The van der Waals surface area contributed by atoms with Gasteiger partial charge in [-0.25, -0.2) is 0 Å². The molecule has 2 aromatic rings. The highest BCUT2D eigenvalue weighted by Gasteiger charge is 2.18. The molecule has 1 aromatic heterocycles. The number of carbonyl (C=O) groups excluding carboxylic acids is 1. The first kappa shape index (κ1) is 22.3. The maximum absolute atomic E-state index is 12.5. The van der Waals surface area contributed by atoms with Crippen LogP contribution in [0.4, 0.5) is 5.69 Å². The molecule has 0 spiro atoms. The zero-order valence-corrected chi connectivity index (χ0v) is 15.7. The summed E-state index contributed by atoms with van der Waals surface area (Å²) in [7, 11) is 3.24. The average Bonchev–Trinajstić information content (AvgIpc) is 2.55. The van der Waals surface area contributed by atoms with E-state index in [-0.39, 0.29) is 30.7 Å². The van der Waals surface area contributed by atoms with E-state index in [2.05, 4.69) is 4.98 Å². The first-order chi connectivity index (χ1) is 10.5. The van der Waals surface area contributed by atoms with Crippen molar-refractivity contribution in [2.45, 2.75) is 6.42 Å². The van der Waals surface area contributed by atoms with Crippen molar-refractivity contribution in [3.8, 4) is 5.75 Å². The van der Waals surface area contributed by atoms with Gasteiger partial charge < -0.3 is 15.4 Å². The normalized spacial score (nSPS) is 9.46. The van der Waals surface area contributed by atoms with Gasteiger partial charge in [0.15, 0.2) is 0 Å². The zero-order valence-electron chi connectivity index (χ0n) is 13.4. The number of ether oxygens (including phenoxy) is 1. The number of halogens is 3. The number of hydrogen-bond acceptors (Lipinski definition) is 4. The third-order valence-electron chi connectivity index (χ3n) is 3.38. The van der Waals surface area contributed by atoms with Crippen LogP contribution in [-0.4, -0.2) is 36.5 Å². The molecular weight excluding hydrogens is 373 g/mol. The van der Waals surface area contributed by atoms with Crippen molar-refractivity contribution in [3.63, 3.8) is 0 Å². The third kappa shape index (κ3) is 5.44. The lowest BCUT2D eigenvalue weighted by molar-refractivity contribution is 0.0793. The van der Waals surface area contributed by atoms with Crippen molar-refractivity contribution >= 4 is 48.0 Å². The lowest BCUT2D eigenvalue weighted by atomic mass is 10.1. The van der Waals surface area contributed by atoms with E-state index in [0.29, 0.717) is 28.6 Å². The number of nitrogen functional groups attached to an aromatic ring is 1. The zero-order chi connectivity index (χ0) is 16.1. The molecule has 0 atom stereocenters. The molecule has 1 amide bonds. The van der Waals surface area contributed by atoms with Gasteiger partial charge in [-0.15, -0.1) is 24.8 Å². The number of methoxy groups -OCH3 is 1. The van der Waals surface area contributed by atoms with Crippen LogP contribution in [0.5, 0.6) is 5.75 Å². The predicted octanol–water partition coefficient (Wildman–Crippen LogP) is 3.48. The molecule has 132 valence electrons. The monoisotopic (exact) mass is 391 g/mol. The molecule has 0 fully saturated rings. The fourth-order valence-corrected chi connectivity index (χ4v) is 2.22. The molecule has 0 bridgehead atoms. The van der Waals surface area contributed by atoms with Crippen molar-refractivity contribution in [1.82, 2.24) is 9.88 Å². The number of rotatable bonds is 5. The topological polar surface area (TPSA) is 68.5 Å². The molecule has 1 heterocycles. The Labute approximate surface area is 159 Å². The van der Waals surface area contributed by atoms with E-state index < -0.39 is 0 Å². The van der Waals surface area contributed by atoms with E-state index >= 15 is 0 Å². The fourth-order valence-electron chi connectivity index (χ4n) is 2.06. The Morgan fingerprint density at radius 3 is 2.50 bits per heavy atom. The van der Waals surface area contributed by atoms with E-state index in [0.717, 1.165) is 12.0 Å².